The number of carbonyl (C=O) groups excluding carboxylic acids is 1. The van der Waals surface area contributed by atoms with Gasteiger partial charge in [0.15, 0.2) is 0 Å². The molecule has 0 unspecified atom stereocenters. The van der Waals surface area contributed by atoms with Crippen LogP contribution in [0, 0.1) is 27.7 Å². The van der Waals surface area contributed by atoms with Crippen molar-refractivity contribution >= 4 is 27.3 Å². The van der Waals surface area contributed by atoms with Gasteiger partial charge in [0.1, 0.15) is 6.04 Å². The molecule has 0 aromatic heterocycles. The number of nitrogens with zero attached hydrogens (tertiary/aromatic N) is 1. The van der Waals surface area contributed by atoms with Crippen LogP contribution in [-0.2, 0) is 14.8 Å². The Kier molecular flexibility index (Phi) is 6.31. The Bertz CT molecular complexity index is 952. The second kappa shape index (κ2) is 8.13. The summed E-state index contributed by atoms with van der Waals surface area (Å²) in [5.41, 5.74) is 5.15. The quantitative estimate of drug-likeness (QED) is 0.810. The fraction of sp³-hybridized carbons (Fsp3) is 0.381. The lowest BCUT2D eigenvalue weighted by Crippen LogP contribution is -2.47. The zero-order chi connectivity index (χ0) is 20.4. The van der Waals surface area contributed by atoms with Crippen molar-refractivity contribution in [1.29, 1.82) is 0 Å². The van der Waals surface area contributed by atoms with Gasteiger partial charge in [-0.15, -0.1) is 0 Å². The highest BCUT2D eigenvalue weighted by atomic mass is 32.2. The number of anilines is 2. The third kappa shape index (κ3) is 4.89. The van der Waals surface area contributed by atoms with E-state index in [4.69, 9.17) is 0 Å². The molecule has 2 aromatic carbocycles. The summed E-state index contributed by atoms with van der Waals surface area (Å²) in [6.07, 6.45) is 1.50. The number of hydrogen-bond donors (Lipinski definition) is 1. The first-order valence-electron chi connectivity index (χ1n) is 8.99. The summed E-state index contributed by atoms with van der Waals surface area (Å²) < 4.78 is 26.4. The molecular weight excluding hydrogens is 360 g/mol. The van der Waals surface area contributed by atoms with Crippen LogP contribution in [0.5, 0.6) is 0 Å². The van der Waals surface area contributed by atoms with Gasteiger partial charge < -0.3 is 5.32 Å². The molecule has 1 N–H and O–H groups in total. The first-order chi connectivity index (χ1) is 12.5. The molecule has 0 aliphatic rings. The highest BCUT2D eigenvalue weighted by Gasteiger charge is 2.32. The van der Waals surface area contributed by atoms with E-state index in [0.717, 1.165) is 28.5 Å². The molecule has 0 saturated heterocycles. The minimum Gasteiger partial charge on any atom is -0.324 e. The predicted octanol–water partition coefficient (Wildman–Crippen LogP) is 4.10. The van der Waals surface area contributed by atoms with Crippen molar-refractivity contribution in [3.05, 3.63) is 58.7 Å². The third-order valence-electron chi connectivity index (χ3n) is 4.71. The molecule has 0 spiro atoms. The summed E-state index contributed by atoms with van der Waals surface area (Å²) in [6, 6.07) is 10.4. The highest BCUT2D eigenvalue weighted by Crippen LogP contribution is 2.28. The molecule has 1 amide bonds. The molecule has 0 aliphatic carbocycles. The minimum atomic E-state index is -3.65. The highest BCUT2D eigenvalue weighted by molar-refractivity contribution is 7.92. The Morgan fingerprint density at radius 2 is 1.63 bits per heavy atom. The second-order valence-corrected chi connectivity index (χ2v) is 8.92. The summed E-state index contributed by atoms with van der Waals surface area (Å²) in [6.45, 7) is 9.54. The van der Waals surface area contributed by atoms with Gasteiger partial charge in [-0.25, -0.2) is 8.42 Å². The predicted molar refractivity (Wildman–Crippen MR) is 112 cm³/mol. The Hall–Kier alpha value is -2.34. The molecule has 0 aliphatic heterocycles. The molecule has 0 saturated carbocycles. The molecule has 0 bridgehead atoms. The van der Waals surface area contributed by atoms with Crippen molar-refractivity contribution < 1.29 is 13.2 Å². The van der Waals surface area contributed by atoms with Crippen LogP contribution in [0.3, 0.4) is 0 Å². The summed E-state index contributed by atoms with van der Waals surface area (Å²) in [5.74, 6) is -0.341. The molecule has 2 aromatic rings. The van der Waals surface area contributed by atoms with Gasteiger partial charge in [-0.2, -0.15) is 0 Å². The smallest absolute Gasteiger partial charge is 0.248 e. The SMILES string of the molecule is CC[C@@H](C(=O)Nc1ccc(C)c(C)c1)N(c1cc(C)ccc1C)S(C)(=O)=O. The van der Waals surface area contributed by atoms with Crippen LogP contribution in [0.15, 0.2) is 36.4 Å². The van der Waals surface area contributed by atoms with Gasteiger partial charge in [-0.1, -0.05) is 25.1 Å². The molecule has 0 heterocycles. The Morgan fingerprint density at radius 1 is 1.00 bits per heavy atom. The Balaban J connectivity index is 2.44. The van der Waals surface area contributed by atoms with Gasteiger partial charge in [-0.05, 0) is 74.6 Å². The van der Waals surface area contributed by atoms with E-state index in [1.54, 1.807) is 0 Å². The molecule has 5 nitrogen and oxygen atoms in total. The molecule has 2 rings (SSSR count). The van der Waals surface area contributed by atoms with Gasteiger partial charge in [0.2, 0.25) is 15.9 Å². The maximum Gasteiger partial charge on any atom is 0.248 e. The van der Waals surface area contributed by atoms with E-state index in [9.17, 15) is 13.2 Å². The van der Waals surface area contributed by atoms with E-state index >= 15 is 0 Å². The number of aryl methyl sites for hydroxylation is 4. The van der Waals surface area contributed by atoms with Gasteiger partial charge in [0, 0.05) is 5.69 Å². The molecule has 146 valence electrons. The van der Waals surface area contributed by atoms with Crippen LogP contribution in [0.2, 0.25) is 0 Å². The average molecular weight is 389 g/mol. The number of carbonyl (C=O) groups is 1. The monoisotopic (exact) mass is 388 g/mol. The minimum absolute atomic E-state index is 0.341. The van der Waals surface area contributed by atoms with Crippen molar-refractivity contribution in [2.75, 3.05) is 15.9 Å². The lowest BCUT2D eigenvalue weighted by Gasteiger charge is -2.31. The normalized spacial score (nSPS) is 12.5. The van der Waals surface area contributed by atoms with Crippen LogP contribution < -0.4 is 9.62 Å². The van der Waals surface area contributed by atoms with Crippen molar-refractivity contribution in [3.8, 4) is 0 Å². The van der Waals surface area contributed by atoms with Crippen molar-refractivity contribution in [2.45, 2.75) is 47.1 Å². The Morgan fingerprint density at radius 3 is 2.19 bits per heavy atom. The van der Waals surface area contributed by atoms with Gasteiger partial charge in [0.25, 0.3) is 0 Å². The summed E-state index contributed by atoms with van der Waals surface area (Å²) in [5, 5.41) is 2.87. The number of nitrogens with one attached hydrogen (secondary N) is 1. The number of amides is 1. The second-order valence-electron chi connectivity index (χ2n) is 7.06. The van der Waals surface area contributed by atoms with Crippen LogP contribution in [-0.4, -0.2) is 26.6 Å². The summed E-state index contributed by atoms with van der Waals surface area (Å²) in [4.78, 5) is 13.0. The summed E-state index contributed by atoms with van der Waals surface area (Å²) in [7, 11) is -3.65. The van der Waals surface area contributed by atoms with E-state index in [1.807, 2.05) is 71.0 Å². The number of hydrogen-bond acceptors (Lipinski definition) is 3. The first-order valence-corrected chi connectivity index (χ1v) is 10.8. The van der Waals surface area contributed by atoms with Crippen molar-refractivity contribution in [1.82, 2.24) is 0 Å². The third-order valence-corrected chi connectivity index (χ3v) is 5.87. The van der Waals surface area contributed by atoms with Gasteiger partial charge >= 0.3 is 0 Å². The van der Waals surface area contributed by atoms with E-state index in [-0.39, 0.29) is 5.91 Å². The standard InChI is InChI=1S/C21H28N2O3S/c1-7-19(21(24)22-18-11-10-15(3)17(5)13-18)23(27(6,25)26)20-12-14(2)8-9-16(20)4/h8-13,19H,7H2,1-6H3,(H,22,24)/t19-/m0/s1. The molecule has 0 radical (unpaired) electrons. The van der Waals surface area contributed by atoms with E-state index in [0.29, 0.717) is 17.8 Å². The van der Waals surface area contributed by atoms with Crippen molar-refractivity contribution in [3.63, 3.8) is 0 Å². The van der Waals surface area contributed by atoms with Crippen LogP contribution in [0.1, 0.15) is 35.6 Å². The zero-order valence-electron chi connectivity index (χ0n) is 16.8. The largest absolute Gasteiger partial charge is 0.324 e. The van der Waals surface area contributed by atoms with Gasteiger partial charge in [0.05, 0.1) is 11.9 Å². The fourth-order valence-corrected chi connectivity index (χ4v) is 4.30. The first kappa shape index (κ1) is 21.0. The Labute approximate surface area is 162 Å². The van der Waals surface area contributed by atoms with E-state index < -0.39 is 16.1 Å². The zero-order valence-corrected chi connectivity index (χ0v) is 17.6. The molecule has 6 heteroatoms. The van der Waals surface area contributed by atoms with E-state index in [2.05, 4.69) is 5.32 Å². The molecule has 27 heavy (non-hydrogen) atoms. The van der Waals surface area contributed by atoms with Crippen LogP contribution in [0.25, 0.3) is 0 Å². The maximum atomic E-state index is 13.0. The van der Waals surface area contributed by atoms with Crippen LogP contribution in [0.4, 0.5) is 11.4 Å². The number of sulfonamides is 1. The van der Waals surface area contributed by atoms with Crippen LogP contribution >= 0.6 is 0 Å². The fourth-order valence-electron chi connectivity index (χ4n) is 3.04. The van der Waals surface area contributed by atoms with Crippen molar-refractivity contribution in [2.24, 2.45) is 0 Å². The summed E-state index contributed by atoms with van der Waals surface area (Å²) >= 11 is 0. The number of rotatable bonds is 6. The lowest BCUT2D eigenvalue weighted by atomic mass is 10.1. The average Bonchev–Trinajstić information content (AvgIpc) is 2.57. The molecule has 0 fully saturated rings. The van der Waals surface area contributed by atoms with Gasteiger partial charge in [-0.3, -0.25) is 9.10 Å². The molecule has 1 atom stereocenters. The number of benzene rings is 2. The maximum absolute atomic E-state index is 13.0. The lowest BCUT2D eigenvalue weighted by molar-refractivity contribution is -0.117. The van der Waals surface area contributed by atoms with E-state index in [1.165, 1.54) is 4.31 Å². The topological polar surface area (TPSA) is 66.5 Å². The molecular formula is C21H28N2O3S.